The van der Waals surface area contributed by atoms with E-state index in [2.05, 4.69) is 0 Å². The average Bonchev–Trinajstić information content (AvgIpc) is 3.27. The van der Waals surface area contributed by atoms with Gasteiger partial charge in [-0.15, -0.1) is 0 Å². The van der Waals surface area contributed by atoms with Gasteiger partial charge in [0.05, 0.1) is 34.5 Å². The molecule has 0 radical (unpaired) electrons. The van der Waals surface area contributed by atoms with Crippen molar-refractivity contribution in [2.75, 3.05) is 34.5 Å². The summed E-state index contributed by atoms with van der Waals surface area (Å²) in [6.07, 6.45) is -4.83. The van der Waals surface area contributed by atoms with E-state index in [-0.39, 0.29) is 24.0 Å². The van der Waals surface area contributed by atoms with Crippen LogP contribution in [0, 0.1) is 5.92 Å². The van der Waals surface area contributed by atoms with Crippen LogP contribution >= 0.6 is 0 Å². The third-order valence-electron chi connectivity index (χ3n) is 6.62. The van der Waals surface area contributed by atoms with Gasteiger partial charge in [0, 0.05) is 11.5 Å². The number of aliphatic hydroxyl groups is 4. The molecule has 2 aromatic rings. The quantitative estimate of drug-likeness (QED) is 0.266. The second-order valence-corrected chi connectivity index (χ2v) is 9.01. The number of cyclic esters (lactones) is 1. The summed E-state index contributed by atoms with van der Waals surface area (Å²) < 4.78 is 32.6. The van der Waals surface area contributed by atoms with Crippen molar-refractivity contribution in [3.05, 3.63) is 53.1 Å². The molecule has 0 amide bonds. The van der Waals surface area contributed by atoms with Crippen molar-refractivity contribution in [1.82, 2.24) is 0 Å². The van der Waals surface area contributed by atoms with Gasteiger partial charge in [-0.05, 0) is 47.9 Å². The van der Waals surface area contributed by atoms with E-state index in [0.29, 0.717) is 29.1 Å². The molecule has 206 valence electrons. The van der Waals surface area contributed by atoms with Crippen LogP contribution in [-0.4, -0.2) is 91.6 Å². The topological polar surface area (TPSA) is 153 Å². The minimum Gasteiger partial charge on any atom is -0.493 e. The predicted octanol–water partition coefficient (Wildman–Crippen LogP) is 0.690. The highest BCUT2D eigenvalue weighted by atomic mass is 16.7. The Kier molecular flexibility index (Phi) is 8.75. The van der Waals surface area contributed by atoms with Crippen molar-refractivity contribution < 1.29 is 53.6 Å². The van der Waals surface area contributed by atoms with Crippen LogP contribution in [0.2, 0.25) is 0 Å². The lowest BCUT2D eigenvalue weighted by Crippen LogP contribution is -2.60. The Morgan fingerprint density at radius 1 is 0.895 bits per heavy atom. The summed E-state index contributed by atoms with van der Waals surface area (Å²) in [7, 11) is 4.56. The van der Waals surface area contributed by atoms with Crippen LogP contribution in [0.5, 0.6) is 23.0 Å². The Bertz CT molecular complexity index is 1160. The van der Waals surface area contributed by atoms with Gasteiger partial charge in [-0.2, -0.15) is 0 Å². The molecule has 2 saturated heterocycles. The van der Waals surface area contributed by atoms with Gasteiger partial charge in [0.25, 0.3) is 0 Å². The van der Waals surface area contributed by atoms with E-state index < -0.39 is 43.3 Å². The molecule has 0 saturated carbocycles. The molecule has 38 heavy (non-hydrogen) atoms. The molecule has 2 fully saturated rings. The second-order valence-electron chi connectivity index (χ2n) is 9.01. The molecule has 0 aliphatic carbocycles. The normalized spacial score (nSPS) is 28.2. The number of methoxy groups -OCH3 is 3. The first-order valence-corrected chi connectivity index (χ1v) is 12.0. The highest BCUT2D eigenvalue weighted by Crippen LogP contribution is 2.35. The lowest BCUT2D eigenvalue weighted by molar-refractivity contribution is -0.277. The molecule has 0 spiro atoms. The zero-order valence-corrected chi connectivity index (χ0v) is 21.3. The molecule has 4 N–H and O–H groups in total. The fraction of sp³-hybridized carbons (Fsp3) is 0.444. The smallest absolute Gasteiger partial charge is 0.334 e. The van der Waals surface area contributed by atoms with E-state index in [1.165, 1.54) is 7.11 Å². The third kappa shape index (κ3) is 5.71. The van der Waals surface area contributed by atoms with Crippen LogP contribution in [-0.2, 0) is 20.7 Å². The Balaban J connectivity index is 1.53. The number of rotatable bonds is 9. The van der Waals surface area contributed by atoms with Gasteiger partial charge in [-0.1, -0.05) is 12.1 Å². The number of hydrogen-bond acceptors (Lipinski definition) is 11. The molecular formula is C27H32O11. The molecule has 2 aliphatic heterocycles. The molecule has 11 heteroatoms. The van der Waals surface area contributed by atoms with E-state index >= 15 is 0 Å². The maximum Gasteiger partial charge on any atom is 0.334 e. The maximum atomic E-state index is 12.5. The lowest BCUT2D eigenvalue weighted by atomic mass is 9.92. The standard InChI is InChI=1S/C27H32O11/c1-33-18-6-4-14(10-20(18)34-2)8-16-13-36-26(32)17(16)9-15-5-7-19(21(11-15)35-3)37-27-25(31)24(30)23(29)22(12-28)38-27/h4-7,9-11,16,22-25,27-31H,8,12-13H2,1-3H3/b17-9+/t16?,22-,23-,24-,25-,27-/m1/s1. The first-order chi connectivity index (χ1) is 18.3. The highest BCUT2D eigenvalue weighted by Gasteiger charge is 2.45. The van der Waals surface area contributed by atoms with Gasteiger partial charge < -0.3 is 48.8 Å². The fourth-order valence-electron chi connectivity index (χ4n) is 4.49. The minimum absolute atomic E-state index is 0.184. The number of carbonyl (C=O) groups is 1. The first kappa shape index (κ1) is 27.7. The van der Waals surface area contributed by atoms with Gasteiger partial charge in [0.15, 0.2) is 23.0 Å². The summed E-state index contributed by atoms with van der Waals surface area (Å²) in [4.78, 5) is 12.5. The zero-order chi connectivity index (χ0) is 27.4. The summed E-state index contributed by atoms with van der Waals surface area (Å²) in [6.45, 7) is -0.330. The minimum atomic E-state index is -1.57. The summed E-state index contributed by atoms with van der Waals surface area (Å²) in [5, 5.41) is 39.7. The zero-order valence-electron chi connectivity index (χ0n) is 21.3. The first-order valence-electron chi connectivity index (χ1n) is 12.0. The van der Waals surface area contributed by atoms with E-state index in [1.54, 1.807) is 38.5 Å². The number of hydrogen-bond donors (Lipinski definition) is 4. The molecule has 2 heterocycles. The number of benzene rings is 2. The van der Waals surface area contributed by atoms with Crippen molar-refractivity contribution in [1.29, 1.82) is 0 Å². The number of carbonyl (C=O) groups excluding carboxylic acids is 1. The van der Waals surface area contributed by atoms with E-state index in [4.69, 9.17) is 28.4 Å². The molecule has 0 bridgehead atoms. The number of aliphatic hydroxyl groups excluding tert-OH is 4. The molecule has 2 aromatic carbocycles. The van der Waals surface area contributed by atoms with Gasteiger partial charge in [0.2, 0.25) is 6.29 Å². The van der Waals surface area contributed by atoms with Crippen molar-refractivity contribution in [2.45, 2.75) is 37.1 Å². The molecule has 1 unspecified atom stereocenters. The van der Waals surface area contributed by atoms with Crippen LogP contribution in [0.25, 0.3) is 6.08 Å². The summed E-state index contributed by atoms with van der Waals surface area (Å²) >= 11 is 0. The molecule has 2 aliphatic rings. The fourth-order valence-corrected chi connectivity index (χ4v) is 4.49. The average molecular weight is 533 g/mol. The van der Waals surface area contributed by atoms with Gasteiger partial charge in [0.1, 0.15) is 24.4 Å². The van der Waals surface area contributed by atoms with Crippen LogP contribution in [0.3, 0.4) is 0 Å². The van der Waals surface area contributed by atoms with Crippen LogP contribution in [0.1, 0.15) is 11.1 Å². The molecule has 0 aromatic heterocycles. The number of esters is 1. The predicted molar refractivity (Wildman–Crippen MR) is 133 cm³/mol. The van der Waals surface area contributed by atoms with Crippen LogP contribution in [0.15, 0.2) is 42.0 Å². The monoisotopic (exact) mass is 532 g/mol. The van der Waals surface area contributed by atoms with Crippen LogP contribution in [0.4, 0.5) is 0 Å². The molecule has 11 nitrogen and oxygen atoms in total. The van der Waals surface area contributed by atoms with Crippen molar-refractivity contribution in [2.24, 2.45) is 5.92 Å². The van der Waals surface area contributed by atoms with Crippen molar-refractivity contribution >= 4 is 12.0 Å². The van der Waals surface area contributed by atoms with Crippen molar-refractivity contribution in [3.8, 4) is 23.0 Å². The SMILES string of the molecule is COc1ccc(CC2COC(=O)/C2=C/c2ccc(O[C@@H]3O[C@H](CO)[C@@H](O)[C@@H](O)[C@H]3O)c(OC)c2)cc1OC. The van der Waals surface area contributed by atoms with E-state index in [0.717, 1.165) is 5.56 Å². The largest absolute Gasteiger partial charge is 0.493 e. The van der Waals surface area contributed by atoms with E-state index in [9.17, 15) is 25.2 Å². The lowest BCUT2D eigenvalue weighted by Gasteiger charge is -2.39. The van der Waals surface area contributed by atoms with Gasteiger partial charge in [-0.3, -0.25) is 0 Å². The Hall–Kier alpha value is -3.35. The summed E-state index contributed by atoms with van der Waals surface area (Å²) in [5.41, 5.74) is 2.11. The Labute approximate surface area is 219 Å². The molecular weight excluding hydrogens is 500 g/mol. The summed E-state index contributed by atoms with van der Waals surface area (Å²) in [5.74, 6) is 1.09. The summed E-state index contributed by atoms with van der Waals surface area (Å²) in [6, 6.07) is 10.5. The second kappa shape index (κ2) is 12.0. The Morgan fingerprint density at radius 3 is 2.26 bits per heavy atom. The Morgan fingerprint density at radius 2 is 1.58 bits per heavy atom. The molecule has 4 rings (SSSR count). The molecule has 6 atom stereocenters. The maximum absolute atomic E-state index is 12.5. The third-order valence-corrected chi connectivity index (χ3v) is 6.62. The highest BCUT2D eigenvalue weighted by molar-refractivity contribution is 5.96. The number of ether oxygens (including phenoxy) is 6. The van der Waals surface area contributed by atoms with Gasteiger partial charge >= 0.3 is 5.97 Å². The van der Waals surface area contributed by atoms with E-state index in [1.807, 2.05) is 18.2 Å². The van der Waals surface area contributed by atoms with Gasteiger partial charge in [-0.25, -0.2) is 4.79 Å². The van der Waals surface area contributed by atoms with Crippen molar-refractivity contribution in [3.63, 3.8) is 0 Å². The van der Waals surface area contributed by atoms with Crippen LogP contribution < -0.4 is 18.9 Å².